The molecule has 0 aliphatic rings. The van der Waals surface area contributed by atoms with Crippen LogP contribution in [0.5, 0.6) is 5.88 Å². The Labute approximate surface area is 125 Å². The average Bonchev–Trinajstić information content (AvgIpc) is 2.81. The van der Waals surface area contributed by atoms with Gasteiger partial charge in [0.1, 0.15) is 11.3 Å². The van der Waals surface area contributed by atoms with Gasteiger partial charge < -0.3 is 9.30 Å². The fourth-order valence-electron chi connectivity index (χ4n) is 2.35. The predicted molar refractivity (Wildman–Crippen MR) is 82.6 cm³/mol. The van der Waals surface area contributed by atoms with Gasteiger partial charge in [-0.15, -0.1) is 11.6 Å². The molecule has 0 aromatic carbocycles. The van der Waals surface area contributed by atoms with Gasteiger partial charge in [-0.25, -0.2) is 4.98 Å². The van der Waals surface area contributed by atoms with Gasteiger partial charge in [0, 0.05) is 24.9 Å². The molecule has 2 aromatic heterocycles. The summed E-state index contributed by atoms with van der Waals surface area (Å²) < 4.78 is 7.40. The van der Waals surface area contributed by atoms with E-state index in [1.807, 2.05) is 12.1 Å². The molecule has 0 amide bonds. The van der Waals surface area contributed by atoms with Crippen molar-refractivity contribution in [3.05, 3.63) is 18.0 Å². The molecule has 0 atom stereocenters. The summed E-state index contributed by atoms with van der Waals surface area (Å²) in [6.07, 6.45) is 5.67. The Balaban J connectivity index is 2.28. The van der Waals surface area contributed by atoms with Gasteiger partial charge in [-0.2, -0.15) is 4.98 Å². The molecule has 110 valence electrons. The second-order valence-corrected chi connectivity index (χ2v) is 5.25. The molecule has 20 heavy (non-hydrogen) atoms. The molecule has 5 heteroatoms. The highest BCUT2D eigenvalue weighted by atomic mass is 35.5. The summed E-state index contributed by atoms with van der Waals surface area (Å²) >= 11 is 5.88. The van der Waals surface area contributed by atoms with E-state index in [1.54, 1.807) is 7.11 Å². The van der Waals surface area contributed by atoms with Gasteiger partial charge >= 0.3 is 0 Å². The van der Waals surface area contributed by atoms with Crippen LogP contribution in [-0.2, 0) is 13.0 Å². The van der Waals surface area contributed by atoms with Crippen LogP contribution in [0.3, 0.4) is 0 Å². The molecule has 0 N–H and O–H groups in total. The van der Waals surface area contributed by atoms with E-state index in [1.165, 1.54) is 19.3 Å². The summed E-state index contributed by atoms with van der Waals surface area (Å²) in [6.45, 7) is 3.17. The fourth-order valence-corrected chi connectivity index (χ4v) is 2.52. The largest absolute Gasteiger partial charge is 0.481 e. The first kappa shape index (κ1) is 15.1. The molecule has 0 radical (unpaired) electrons. The van der Waals surface area contributed by atoms with Crippen LogP contribution in [-0.4, -0.2) is 27.5 Å². The van der Waals surface area contributed by atoms with Crippen molar-refractivity contribution < 1.29 is 4.74 Å². The highest BCUT2D eigenvalue weighted by Crippen LogP contribution is 2.19. The van der Waals surface area contributed by atoms with E-state index in [2.05, 4.69) is 21.5 Å². The Kier molecular flexibility index (Phi) is 5.65. The summed E-state index contributed by atoms with van der Waals surface area (Å²) in [5, 5.41) is 0. The Morgan fingerprint density at radius 1 is 1.20 bits per heavy atom. The number of rotatable bonds is 8. The van der Waals surface area contributed by atoms with E-state index in [4.69, 9.17) is 16.3 Å². The number of alkyl halides is 1. The first-order valence-electron chi connectivity index (χ1n) is 7.26. The van der Waals surface area contributed by atoms with Crippen molar-refractivity contribution in [2.75, 3.05) is 13.0 Å². The smallest absolute Gasteiger partial charge is 0.215 e. The van der Waals surface area contributed by atoms with Crippen LogP contribution in [0.1, 0.15) is 38.4 Å². The van der Waals surface area contributed by atoms with E-state index >= 15 is 0 Å². The molecular formula is C15H22ClN3O. The van der Waals surface area contributed by atoms with E-state index in [9.17, 15) is 0 Å². The molecule has 0 saturated heterocycles. The van der Waals surface area contributed by atoms with Crippen LogP contribution in [0.15, 0.2) is 12.1 Å². The van der Waals surface area contributed by atoms with Crippen LogP contribution < -0.4 is 4.74 Å². The molecule has 4 nitrogen and oxygen atoms in total. The maximum atomic E-state index is 5.88. The van der Waals surface area contributed by atoms with Crippen molar-refractivity contribution >= 4 is 22.8 Å². The van der Waals surface area contributed by atoms with E-state index in [-0.39, 0.29) is 0 Å². The summed E-state index contributed by atoms with van der Waals surface area (Å²) in [7, 11) is 1.63. The van der Waals surface area contributed by atoms with Crippen LogP contribution in [0, 0.1) is 0 Å². The van der Waals surface area contributed by atoms with Gasteiger partial charge in [0.2, 0.25) is 5.88 Å². The van der Waals surface area contributed by atoms with Crippen molar-refractivity contribution in [3.8, 4) is 5.88 Å². The van der Waals surface area contributed by atoms with Gasteiger partial charge in [-0.3, -0.25) is 0 Å². The minimum atomic E-state index is 0.579. The first-order chi connectivity index (χ1) is 9.80. The molecule has 0 unspecified atom stereocenters. The Morgan fingerprint density at radius 3 is 2.75 bits per heavy atom. The van der Waals surface area contributed by atoms with Crippen LogP contribution in [0.4, 0.5) is 0 Å². The van der Waals surface area contributed by atoms with Gasteiger partial charge in [-0.05, 0) is 12.5 Å². The van der Waals surface area contributed by atoms with E-state index < -0.39 is 0 Å². The minimum Gasteiger partial charge on any atom is -0.481 e. The van der Waals surface area contributed by atoms with Gasteiger partial charge in [-0.1, -0.05) is 26.2 Å². The topological polar surface area (TPSA) is 39.9 Å². The van der Waals surface area contributed by atoms with Crippen LogP contribution in [0.2, 0.25) is 0 Å². The zero-order chi connectivity index (χ0) is 14.4. The highest BCUT2D eigenvalue weighted by molar-refractivity contribution is 6.17. The number of hydrogen-bond acceptors (Lipinski definition) is 3. The normalized spacial score (nSPS) is 11.2. The van der Waals surface area contributed by atoms with Gasteiger partial charge in [0.05, 0.1) is 7.11 Å². The summed E-state index contributed by atoms with van der Waals surface area (Å²) in [5.41, 5.74) is 1.82. The standard InChI is InChI=1S/C15H22ClN3O/c1-3-4-5-6-11-19-13(9-10-16)17-12-7-8-14(20-2)18-15(12)19/h7-8H,3-6,9-11H2,1-2H3. The van der Waals surface area contributed by atoms with Crippen molar-refractivity contribution in [1.82, 2.24) is 14.5 Å². The minimum absolute atomic E-state index is 0.579. The third-order valence-corrected chi connectivity index (χ3v) is 3.60. The average molecular weight is 296 g/mol. The fraction of sp³-hybridized carbons (Fsp3) is 0.600. The number of aromatic nitrogens is 3. The molecule has 2 rings (SSSR count). The van der Waals surface area contributed by atoms with Crippen molar-refractivity contribution in [2.24, 2.45) is 0 Å². The quantitative estimate of drug-likeness (QED) is 0.549. The summed E-state index contributed by atoms with van der Waals surface area (Å²) in [5.74, 6) is 2.23. The number of halogens is 1. The number of ether oxygens (including phenoxy) is 1. The second-order valence-electron chi connectivity index (χ2n) is 4.88. The lowest BCUT2D eigenvalue weighted by molar-refractivity contribution is 0.398. The summed E-state index contributed by atoms with van der Waals surface area (Å²) in [4.78, 5) is 9.17. The molecule has 2 aromatic rings. The third kappa shape index (κ3) is 3.42. The van der Waals surface area contributed by atoms with Gasteiger partial charge in [0.15, 0.2) is 5.65 Å². The van der Waals surface area contributed by atoms with Crippen molar-refractivity contribution in [3.63, 3.8) is 0 Å². The predicted octanol–water partition coefficient (Wildman–Crippen LogP) is 3.80. The number of methoxy groups -OCH3 is 1. The molecule has 0 fully saturated rings. The Morgan fingerprint density at radius 2 is 2.05 bits per heavy atom. The van der Waals surface area contributed by atoms with Gasteiger partial charge in [0.25, 0.3) is 0 Å². The number of nitrogens with zero attached hydrogens (tertiary/aromatic N) is 3. The lowest BCUT2D eigenvalue weighted by atomic mass is 10.2. The zero-order valence-corrected chi connectivity index (χ0v) is 13.0. The van der Waals surface area contributed by atoms with Crippen molar-refractivity contribution in [2.45, 2.75) is 45.6 Å². The second kappa shape index (κ2) is 7.48. The number of hydrogen-bond donors (Lipinski definition) is 0. The van der Waals surface area contributed by atoms with E-state index in [0.717, 1.165) is 36.4 Å². The van der Waals surface area contributed by atoms with Crippen LogP contribution in [0.25, 0.3) is 11.2 Å². The highest BCUT2D eigenvalue weighted by Gasteiger charge is 2.12. The lowest BCUT2D eigenvalue weighted by Gasteiger charge is -2.08. The number of pyridine rings is 1. The molecule has 0 aliphatic carbocycles. The number of fused-ring (bicyclic) bond motifs is 1. The molecule has 0 bridgehead atoms. The number of unbranched alkanes of at least 4 members (excludes halogenated alkanes) is 3. The number of imidazole rings is 1. The maximum Gasteiger partial charge on any atom is 0.215 e. The van der Waals surface area contributed by atoms with Crippen molar-refractivity contribution in [1.29, 1.82) is 0 Å². The first-order valence-corrected chi connectivity index (χ1v) is 7.79. The lowest BCUT2D eigenvalue weighted by Crippen LogP contribution is -2.06. The molecular weight excluding hydrogens is 274 g/mol. The maximum absolute atomic E-state index is 5.88. The monoisotopic (exact) mass is 295 g/mol. The summed E-state index contributed by atoms with van der Waals surface area (Å²) in [6, 6.07) is 3.81. The number of aryl methyl sites for hydroxylation is 2. The Hall–Kier alpha value is -1.29. The molecule has 0 spiro atoms. The SMILES string of the molecule is CCCCCCn1c(CCCl)nc2ccc(OC)nc21. The van der Waals surface area contributed by atoms with Crippen LogP contribution >= 0.6 is 11.6 Å². The zero-order valence-electron chi connectivity index (χ0n) is 12.2. The Bertz CT molecular complexity index is 553. The molecule has 0 saturated carbocycles. The van der Waals surface area contributed by atoms with E-state index in [0.29, 0.717) is 11.8 Å². The molecule has 2 heterocycles. The molecule has 0 aliphatic heterocycles. The third-order valence-electron chi connectivity index (χ3n) is 3.41.